The van der Waals surface area contributed by atoms with Gasteiger partial charge in [0.2, 0.25) is 11.9 Å². The molecule has 192 valence electrons. The van der Waals surface area contributed by atoms with Crippen molar-refractivity contribution in [3.63, 3.8) is 0 Å². The predicted molar refractivity (Wildman–Crippen MR) is 144 cm³/mol. The van der Waals surface area contributed by atoms with Gasteiger partial charge in [-0.1, -0.05) is 41.4 Å². The van der Waals surface area contributed by atoms with Gasteiger partial charge >= 0.3 is 0 Å². The zero-order chi connectivity index (χ0) is 25.8. The van der Waals surface area contributed by atoms with Crippen LogP contribution in [0.2, 0.25) is 10.2 Å². The Kier molecular flexibility index (Phi) is 8.51. The molecule has 1 amide bonds. The fourth-order valence-corrected chi connectivity index (χ4v) is 4.85. The molecule has 0 saturated carbocycles. The van der Waals surface area contributed by atoms with Gasteiger partial charge in [0.15, 0.2) is 6.23 Å². The lowest BCUT2D eigenvalue weighted by Gasteiger charge is -2.27. The van der Waals surface area contributed by atoms with Crippen LogP contribution in [0.4, 0.5) is 5.95 Å². The first-order chi connectivity index (χ1) is 17.2. The van der Waals surface area contributed by atoms with Crippen molar-refractivity contribution in [1.82, 2.24) is 24.3 Å². The van der Waals surface area contributed by atoms with Crippen LogP contribution in [0.3, 0.4) is 0 Å². The number of hydrogen-bond acceptors (Lipinski definition) is 6. The van der Waals surface area contributed by atoms with E-state index in [1.165, 1.54) is 6.20 Å². The number of nitrogens with zero attached hydrogens (tertiary/aromatic N) is 5. The van der Waals surface area contributed by atoms with Gasteiger partial charge in [-0.2, -0.15) is 0 Å². The molecule has 1 fully saturated rings. The first-order valence-corrected chi connectivity index (χ1v) is 12.8. The van der Waals surface area contributed by atoms with Crippen LogP contribution in [0.5, 0.6) is 0 Å². The summed E-state index contributed by atoms with van der Waals surface area (Å²) in [6, 6.07) is 7.55. The van der Waals surface area contributed by atoms with Crippen LogP contribution in [0.1, 0.15) is 42.7 Å². The quantitative estimate of drug-likeness (QED) is 0.258. The molecular weight excluding hydrogens is 499 g/mol. The van der Waals surface area contributed by atoms with E-state index < -0.39 is 6.23 Å². The average molecular weight is 531 g/mol. The van der Waals surface area contributed by atoms with E-state index >= 15 is 0 Å². The van der Waals surface area contributed by atoms with Crippen molar-refractivity contribution < 1.29 is 9.90 Å². The number of pyridine rings is 1. The van der Waals surface area contributed by atoms with Crippen LogP contribution in [0, 0.1) is 6.92 Å². The number of aliphatic hydroxyl groups is 1. The molecule has 1 aliphatic rings. The number of aliphatic hydroxyl groups excluding tert-OH is 1. The van der Waals surface area contributed by atoms with E-state index in [1.807, 2.05) is 55.1 Å². The molecule has 1 aliphatic heterocycles. The molecule has 0 aliphatic carbocycles. The topological polar surface area (TPSA) is 86.5 Å². The van der Waals surface area contributed by atoms with Crippen LogP contribution in [-0.2, 0) is 4.79 Å². The number of carbonyl (C=O) groups excluding carboxylic acids is 1. The van der Waals surface area contributed by atoms with Crippen molar-refractivity contribution in [3.8, 4) is 0 Å². The number of anilines is 1. The normalized spacial score (nSPS) is 17.6. The van der Waals surface area contributed by atoms with Crippen molar-refractivity contribution in [3.05, 3.63) is 63.9 Å². The third-order valence-electron chi connectivity index (χ3n) is 6.37. The maximum Gasteiger partial charge on any atom is 0.246 e. The van der Waals surface area contributed by atoms with Gasteiger partial charge in [0.25, 0.3) is 0 Å². The molecule has 4 rings (SSSR count). The SMILES string of the molecule is Cc1cccc2nc(NC(O)c3cnc(Cl)c(Cl)c3)n([C@@H]3CCCCN(C(=O)/C=C/CN(C)C)C3)c12. The molecule has 2 N–H and O–H groups in total. The van der Waals surface area contributed by atoms with E-state index in [-0.39, 0.29) is 22.1 Å². The smallest absolute Gasteiger partial charge is 0.246 e. The lowest BCUT2D eigenvalue weighted by molar-refractivity contribution is -0.126. The molecule has 2 aromatic heterocycles. The van der Waals surface area contributed by atoms with Crippen molar-refractivity contribution in [2.24, 2.45) is 0 Å². The van der Waals surface area contributed by atoms with Gasteiger partial charge in [0.1, 0.15) is 5.15 Å². The van der Waals surface area contributed by atoms with Crippen molar-refractivity contribution in [2.75, 3.05) is 39.0 Å². The number of benzene rings is 1. The summed E-state index contributed by atoms with van der Waals surface area (Å²) < 4.78 is 2.13. The highest BCUT2D eigenvalue weighted by atomic mass is 35.5. The minimum Gasteiger partial charge on any atom is -0.369 e. The predicted octanol–water partition coefficient (Wildman–Crippen LogP) is 4.82. The van der Waals surface area contributed by atoms with E-state index in [4.69, 9.17) is 28.2 Å². The summed E-state index contributed by atoms with van der Waals surface area (Å²) in [7, 11) is 3.94. The van der Waals surface area contributed by atoms with Crippen LogP contribution >= 0.6 is 23.2 Å². The second-order valence-electron chi connectivity index (χ2n) is 9.43. The number of fused-ring (bicyclic) bond motifs is 1. The first kappa shape index (κ1) is 26.4. The minimum atomic E-state index is -1.10. The number of amides is 1. The van der Waals surface area contributed by atoms with Crippen molar-refractivity contribution in [1.29, 1.82) is 0 Å². The molecule has 3 heterocycles. The Morgan fingerprint density at radius 2 is 2.14 bits per heavy atom. The third-order valence-corrected chi connectivity index (χ3v) is 7.05. The molecular formula is C26H32Cl2N6O2. The fourth-order valence-electron chi connectivity index (χ4n) is 4.57. The molecule has 1 saturated heterocycles. The Labute approximate surface area is 221 Å². The highest BCUT2D eigenvalue weighted by molar-refractivity contribution is 6.41. The number of likely N-dealkylation sites (N-methyl/N-ethyl adjacent to an activating group) is 1. The van der Waals surface area contributed by atoms with Gasteiger partial charge in [-0.3, -0.25) is 4.79 Å². The molecule has 0 spiro atoms. The van der Waals surface area contributed by atoms with Gasteiger partial charge < -0.3 is 24.8 Å². The van der Waals surface area contributed by atoms with Gasteiger partial charge in [-0.05, 0) is 58.0 Å². The van der Waals surface area contributed by atoms with Crippen LogP contribution in [-0.4, -0.2) is 69.1 Å². The number of para-hydroxylation sites is 1. The summed E-state index contributed by atoms with van der Waals surface area (Å²) in [4.78, 5) is 25.8. The average Bonchev–Trinajstić information content (AvgIpc) is 3.02. The van der Waals surface area contributed by atoms with Crippen molar-refractivity contribution in [2.45, 2.75) is 38.5 Å². The van der Waals surface area contributed by atoms with E-state index in [9.17, 15) is 9.90 Å². The summed E-state index contributed by atoms with van der Waals surface area (Å²) in [6.07, 6.45) is 6.77. The molecule has 8 nitrogen and oxygen atoms in total. The van der Waals surface area contributed by atoms with Gasteiger partial charge in [-0.15, -0.1) is 0 Å². The van der Waals surface area contributed by atoms with E-state index in [2.05, 4.69) is 14.9 Å². The molecule has 2 atom stereocenters. The summed E-state index contributed by atoms with van der Waals surface area (Å²) in [5, 5.41) is 14.5. The molecule has 36 heavy (non-hydrogen) atoms. The summed E-state index contributed by atoms with van der Waals surface area (Å²) >= 11 is 12.1. The lowest BCUT2D eigenvalue weighted by atomic mass is 10.1. The monoisotopic (exact) mass is 530 g/mol. The Morgan fingerprint density at radius 3 is 2.89 bits per heavy atom. The number of rotatable bonds is 7. The standard InChI is InChI=1S/C26H32Cl2N6O2/c1-17-8-6-10-21-23(17)34(26(30-21)31-25(36)18-14-20(27)24(28)29-15-18)19-9-4-5-13-33(16-19)22(35)11-7-12-32(2)3/h6-8,10-11,14-15,19,25,36H,4-5,9,12-13,16H2,1-3H3,(H,30,31)/b11-7+/t19-,25?/m1/s1. The second-order valence-corrected chi connectivity index (χ2v) is 10.2. The fraction of sp³-hybridized carbons (Fsp3) is 0.423. The number of likely N-dealkylation sites (tertiary alicyclic amines) is 1. The summed E-state index contributed by atoms with van der Waals surface area (Å²) in [6.45, 7) is 4.04. The maximum absolute atomic E-state index is 13.0. The molecule has 0 radical (unpaired) electrons. The van der Waals surface area contributed by atoms with Gasteiger partial charge in [-0.25, -0.2) is 9.97 Å². The minimum absolute atomic E-state index is 0.00794. The highest BCUT2D eigenvalue weighted by Crippen LogP contribution is 2.33. The van der Waals surface area contributed by atoms with Crippen LogP contribution < -0.4 is 5.32 Å². The van der Waals surface area contributed by atoms with Gasteiger partial charge in [0.05, 0.1) is 22.1 Å². The third kappa shape index (κ3) is 6.00. The number of hydrogen-bond donors (Lipinski definition) is 2. The maximum atomic E-state index is 13.0. The van der Waals surface area contributed by atoms with E-state index in [1.54, 1.807) is 12.1 Å². The van der Waals surface area contributed by atoms with Crippen LogP contribution in [0.15, 0.2) is 42.6 Å². The molecule has 1 unspecified atom stereocenters. The molecule has 3 aromatic rings. The number of aryl methyl sites for hydroxylation is 1. The number of nitrogens with one attached hydrogen (secondary N) is 1. The van der Waals surface area contributed by atoms with Crippen molar-refractivity contribution >= 4 is 46.1 Å². The number of aromatic nitrogens is 3. The summed E-state index contributed by atoms with van der Waals surface area (Å²) in [5.41, 5.74) is 3.36. The second kappa shape index (κ2) is 11.6. The zero-order valence-corrected chi connectivity index (χ0v) is 22.3. The number of halogens is 2. The van der Waals surface area contributed by atoms with Crippen LogP contribution in [0.25, 0.3) is 11.0 Å². The molecule has 0 bridgehead atoms. The molecule has 1 aromatic carbocycles. The largest absolute Gasteiger partial charge is 0.369 e. The highest BCUT2D eigenvalue weighted by Gasteiger charge is 2.27. The Morgan fingerprint density at radius 1 is 1.33 bits per heavy atom. The Bertz CT molecular complexity index is 1260. The first-order valence-electron chi connectivity index (χ1n) is 12.1. The summed E-state index contributed by atoms with van der Waals surface area (Å²) in [5.74, 6) is 0.543. The lowest BCUT2D eigenvalue weighted by Crippen LogP contribution is -2.34. The number of imidazole rings is 1. The Hall–Kier alpha value is -2.65. The molecule has 10 heteroatoms. The van der Waals surface area contributed by atoms with E-state index in [0.29, 0.717) is 31.1 Å². The zero-order valence-electron chi connectivity index (χ0n) is 20.8. The van der Waals surface area contributed by atoms with Gasteiger partial charge in [0, 0.05) is 37.5 Å². The Balaban J connectivity index is 1.67. The van der Waals surface area contributed by atoms with E-state index in [0.717, 1.165) is 35.9 Å². The number of carbonyl (C=O) groups is 1.